The van der Waals surface area contributed by atoms with Crippen LogP contribution in [0.1, 0.15) is 36.8 Å². The van der Waals surface area contributed by atoms with Crippen LogP contribution in [0.5, 0.6) is 6.01 Å². The summed E-state index contributed by atoms with van der Waals surface area (Å²) in [6.07, 6.45) is 7.59. The van der Waals surface area contributed by atoms with Crippen molar-refractivity contribution >= 4 is 22.6 Å². The lowest BCUT2D eigenvalue weighted by Gasteiger charge is -2.43. The van der Waals surface area contributed by atoms with Gasteiger partial charge in [-0.05, 0) is 66.6 Å². The van der Waals surface area contributed by atoms with Crippen LogP contribution in [0.25, 0.3) is 39.1 Å². The second kappa shape index (κ2) is 10.1. The van der Waals surface area contributed by atoms with E-state index in [0.29, 0.717) is 18.5 Å². The molecule has 41 heavy (non-hydrogen) atoms. The van der Waals surface area contributed by atoms with Crippen LogP contribution in [0.3, 0.4) is 0 Å². The highest BCUT2D eigenvalue weighted by Gasteiger charge is 2.39. The Balaban J connectivity index is 1.22. The molecule has 2 aromatic carbocycles. The number of pyridine rings is 3. The molecular formula is C33H28N6O2. The number of aromatic hydroxyl groups is 1. The Bertz CT molecular complexity index is 1860. The monoisotopic (exact) mass is 540 g/mol. The molecule has 8 nitrogen and oxygen atoms in total. The zero-order valence-corrected chi connectivity index (χ0v) is 22.4. The van der Waals surface area contributed by atoms with Gasteiger partial charge in [0.15, 0.2) is 5.65 Å². The fourth-order valence-corrected chi connectivity index (χ4v) is 5.75. The number of amides is 1. The molecule has 0 spiro atoms. The van der Waals surface area contributed by atoms with Crippen molar-refractivity contribution in [3.8, 4) is 28.4 Å². The Morgan fingerprint density at radius 3 is 2.49 bits per heavy atom. The van der Waals surface area contributed by atoms with Gasteiger partial charge in [-0.3, -0.25) is 9.78 Å². The number of carbonyl (C=O) groups excluding carboxylic acids is 1. The molecular weight excluding hydrogens is 512 g/mol. The third kappa shape index (κ3) is 4.57. The molecule has 6 aromatic rings. The molecule has 0 aliphatic heterocycles. The Morgan fingerprint density at radius 2 is 1.76 bits per heavy atom. The van der Waals surface area contributed by atoms with Gasteiger partial charge in [0.1, 0.15) is 0 Å². The minimum Gasteiger partial charge on any atom is -0.479 e. The van der Waals surface area contributed by atoms with Crippen LogP contribution in [0.15, 0.2) is 97.3 Å². The minimum atomic E-state index is -0.332. The van der Waals surface area contributed by atoms with E-state index in [9.17, 15) is 9.90 Å². The summed E-state index contributed by atoms with van der Waals surface area (Å²) in [4.78, 5) is 22.1. The molecule has 0 atom stereocenters. The Hall–Kier alpha value is -5.11. The molecule has 202 valence electrons. The molecule has 1 fully saturated rings. The fraction of sp³-hybridized carbons (Fsp3) is 0.182. The maximum absolute atomic E-state index is 12.9. The standard InChI is InChI=1S/C33H28N6O2/c40-30(16-9-22-6-4-19-34-21-22)36-33(17-5-18-33)25-12-10-24(11-13-25)31-26(23-7-2-1-3-8-23)20-28-27(35-31)14-15-29-37-38-32(41)39(28)29/h1-4,6-8,10-15,19-21H,5,9,16-18H2,(H,36,40)(H,38,41). The maximum atomic E-state index is 12.9. The maximum Gasteiger partial charge on any atom is 0.319 e. The van der Waals surface area contributed by atoms with Gasteiger partial charge in [-0.2, -0.15) is 0 Å². The molecule has 1 amide bonds. The summed E-state index contributed by atoms with van der Waals surface area (Å²) in [5, 5.41) is 21.6. The van der Waals surface area contributed by atoms with Crippen LogP contribution in [0.2, 0.25) is 0 Å². The van der Waals surface area contributed by atoms with E-state index >= 15 is 0 Å². The second-order valence-electron chi connectivity index (χ2n) is 10.6. The Kier molecular flexibility index (Phi) is 6.15. The smallest absolute Gasteiger partial charge is 0.319 e. The van der Waals surface area contributed by atoms with Crippen molar-refractivity contribution in [2.24, 2.45) is 0 Å². The lowest BCUT2D eigenvalue weighted by molar-refractivity contribution is -0.124. The van der Waals surface area contributed by atoms with Gasteiger partial charge in [0, 0.05) is 29.9 Å². The molecule has 0 unspecified atom stereocenters. The molecule has 1 aliphatic rings. The molecule has 0 saturated heterocycles. The number of nitrogens with one attached hydrogen (secondary N) is 1. The van der Waals surface area contributed by atoms with Crippen LogP contribution in [-0.2, 0) is 16.8 Å². The molecule has 8 heteroatoms. The van der Waals surface area contributed by atoms with E-state index in [-0.39, 0.29) is 17.5 Å². The number of rotatable bonds is 7. The van der Waals surface area contributed by atoms with E-state index < -0.39 is 0 Å². The predicted molar refractivity (Wildman–Crippen MR) is 157 cm³/mol. The first-order chi connectivity index (χ1) is 20.1. The van der Waals surface area contributed by atoms with Crippen molar-refractivity contribution in [3.63, 3.8) is 0 Å². The highest BCUT2D eigenvalue weighted by molar-refractivity contribution is 5.91. The molecule has 0 bridgehead atoms. The predicted octanol–water partition coefficient (Wildman–Crippen LogP) is 5.84. The van der Waals surface area contributed by atoms with E-state index in [2.05, 4.69) is 56.9 Å². The van der Waals surface area contributed by atoms with Crippen LogP contribution in [0, 0.1) is 0 Å². The molecule has 1 saturated carbocycles. The lowest BCUT2D eigenvalue weighted by atomic mass is 9.71. The molecule has 2 N–H and O–H groups in total. The number of nitrogens with zero attached hydrogens (tertiary/aromatic N) is 5. The minimum absolute atomic E-state index is 0.0590. The first kappa shape index (κ1) is 24.9. The summed E-state index contributed by atoms with van der Waals surface area (Å²) < 4.78 is 1.61. The van der Waals surface area contributed by atoms with Crippen molar-refractivity contribution in [1.29, 1.82) is 0 Å². The van der Waals surface area contributed by atoms with Gasteiger partial charge in [0.05, 0.1) is 22.3 Å². The van der Waals surface area contributed by atoms with E-state index in [1.165, 1.54) is 0 Å². The first-order valence-corrected chi connectivity index (χ1v) is 13.8. The topological polar surface area (TPSA) is 105 Å². The van der Waals surface area contributed by atoms with Gasteiger partial charge in [-0.25, -0.2) is 9.38 Å². The molecule has 7 rings (SSSR count). The van der Waals surface area contributed by atoms with Gasteiger partial charge in [0.25, 0.3) is 0 Å². The normalized spacial score (nSPS) is 14.1. The summed E-state index contributed by atoms with van der Waals surface area (Å²) in [5.41, 5.74) is 7.62. The third-order valence-corrected chi connectivity index (χ3v) is 8.08. The Labute approximate surface area is 236 Å². The number of hydrogen-bond donors (Lipinski definition) is 2. The average molecular weight is 541 g/mol. The summed E-state index contributed by atoms with van der Waals surface area (Å²) in [6.45, 7) is 0. The molecule has 1 aliphatic carbocycles. The third-order valence-electron chi connectivity index (χ3n) is 8.08. The van der Waals surface area contributed by atoms with Crippen molar-refractivity contribution in [3.05, 3.63) is 108 Å². The molecule has 0 radical (unpaired) electrons. The first-order valence-electron chi connectivity index (χ1n) is 13.8. The van der Waals surface area contributed by atoms with Gasteiger partial charge < -0.3 is 10.4 Å². The largest absolute Gasteiger partial charge is 0.479 e. The highest BCUT2D eigenvalue weighted by atomic mass is 16.3. The van der Waals surface area contributed by atoms with E-state index in [1.54, 1.807) is 16.7 Å². The van der Waals surface area contributed by atoms with Gasteiger partial charge in [0.2, 0.25) is 5.91 Å². The number of benzene rings is 2. The molecule has 4 aromatic heterocycles. The van der Waals surface area contributed by atoms with Crippen LogP contribution < -0.4 is 5.32 Å². The van der Waals surface area contributed by atoms with E-state index in [4.69, 9.17) is 4.98 Å². The fourth-order valence-electron chi connectivity index (χ4n) is 5.75. The van der Waals surface area contributed by atoms with Crippen LogP contribution in [-0.4, -0.2) is 35.6 Å². The van der Waals surface area contributed by atoms with Gasteiger partial charge >= 0.3 is 6.01 Å². The zero-order chi connectivity index (χ0) is 27.8. The number of aromatic nitrogens is 5. The number of carbonyl (C=O) groups is 1. The van der Waals surface area contributed by atoms with E-state index in [0.717, 1.165) is 63.8 Å². The van der Waals surface area contributed by atoms with Crippen LogP contribution in [0.4, 0.5) is 0 Å². The SMILES string of the molecule is O=C(CCc1cccnc1)NC1(c2ccc(-c3nc4ccc5nnc(O)n5c4cc3-c3ccccc3)cc2)CCC1. The lowest BCUT2D eigenvalue weighted by Crippen LogP contribution is -2.50. The average Bonchev–Trinajstić information content (AvgIpc) is 3.39. The number of fused-ring (bicyclic) bond motifs is 3. The van der Waals surface area contributed by atoms with Crippen LogP contribution >= 0.6 is 0 Å². The summed E-state index contributed by atoms with van der Waals surface area (Å²) in [5.74, 6) is 0.0590. The quantitative estimate of drug-likeness (QED) is 0.264. The summed E-state index contributed by atoms with van der Waals surface area (Å²) >= 11 is 0. The summed E-state index contributed by atoms with van der Waals surface area (Å²) in [6, 6.07) is 28.0. The zero-order valence-electron chi connectivity index (χ0n) is 22.4. The highest BCUT2D eigenvalue weighted by Crippen LogP contribution is 2.42. The van der Waals surface area contributed by atoms with Crippen molar-refractivity contribution in [1.82, 2.24) is 29.9 Å². The Morgan fingerprint density at radius 1 is 0.927 bits per heavy atom. The number of hydrogen-bond acceptors (Lipinski definition) is 6. The van der Waals surface area contributed by atoms with Gasteiger partial charge in [-0.1, -0.05) is 65.8 Å². The van der Waals surface area contributed by atoms with Crippen molar-refractivity contribution in [2.45, 2.75) is 37.6 Å². The van der Waals surface area contributed by atoms with Crippen molar-refractivity contribution < 1.29 is 9.90 Å². The van der Waals surface area contributed by atoms with Crippen molar-refractivity contribution in [2.75, 3.05) is 0 Å². The summed E-state index contributed by atoms with van der Waals surface area (Å²) in [7, 11) is 0. The van der Waals surface area contributed by atoms with E-state index in [1.807, 2.05) is 48.7 Å². The van der Waals surface area contributed by atoms with Gasteiger partial charge in [-0.15, -0.1) is 5.10 Å². The number of aryl methyl sites for hydroxylation is 1. The second-order valence-corrected chi connectivity index (χ2v) is 10.6. The molecule has 4 heterocycles.